The minimum atomic E-state index is -0.875. The average molecular weight is 173 g/mol. The second-order valence-electron chi connectivity index (χ2n) is 2.23. The van der Waals surface area contributed by atoms with Gasteiger partial charge in [0.05, 0.1) is 7.11 Å². The van der Waals surface area contributed by atoms with Crippen LogP contribution in [0.2, 0.25) is 0 Å². The summed E-state index contributed by atoms with van der Waals surface area (Å²) in [6.45, 7) is 0. The maximum absolute atomic E-state index is 10.7. The van der Waals surface area contributed by atoms with Crippen molar-refractivity contribution in [3.05, 3.63) is 0 Å². The molecule has 0 aromatic heterocycles. The molecule has 0 unspecified atom stereocenters. The van der Waals surface area contributed by atoms with Crippen molar-refractivity contribution in [2.24, 2.45) is 5.73 Å². The molecule has 0 fully saturated rings. The molecular weight excluding hydrogens is 162 g/mol. The van der Waals surface area contributed by atoms with Crippen molar-refractivity contribution in [1.82, 2.24) is 0 Å². The molecule has 5 heteroatoms. The van der Waals surface area contributed by atoms with Crippen molar-refractivity contribution < 1.29 is 19.1 Å². The van der Waals surface area contributed by atoms with E-state index in [-0.39, 0.29) is 12.8 Å². The Hall–Kier alpha value is -1.39. The molecule has 0 aliphatic heterocycles. The predicted octanol–water partition coefficient (Wildman–Crippen LogP) is -0.616. The van der Waals surface area contributed by atoms with E-state index in [1.165, 1.54) is 0 Å². The number of primary amides is 1. The molecule has 68 valence electrons. The molecule has 2 N–H and O–H groups in total. The van der Waals surface area contributed by atoms with Gasteiger partial charge in [0.2, 0.25) is 11.7 Å². The molecule has 0 rings (SSSR count). The number of carbonyl (C=O) groups excluding carboxylic acids is 3. The number of ether oxygens (including phenoxy) is 1. The first-order valence-electron chi connectivity index (χ1n) is 3.47. The highest BCUT2D eigenvalue weighted by Gasteiger charge is 2.12. The third-order valence-electron chi connectivity index (χ3n) is 1.24. The quantitative estimate of drug-likeness (QED) is 0.443. The van der Waals surface area contributed by atoms with E-state index in [1.807, 2.05) is 0 Å². The number of hydrogen-bond donors (Lipinski definition) is 1. The van der Waals surface area contributed by atoms with Gasteiger partial charge in [0.15, 0.2) is 0 Å². The molecule has 0 radical (unpaired) electrons. The SMILES string of the molecule is COC(=O)C(=O)CCCC(N)=O. The van der Waals surface area contributed by atoms with Gasteiger partial charge in [-0.25, -0.2) is 4.79 Å². The molecule has 5 nitrogen and oxygen atoms in total. The molecule has 0 aromatic carbocycles. The predicted molar refractivity (Wildman–Crippen MR) is 40.1 cm³/mol. The van der Waals surface area contributed by atoms with Crippen molar-refractivity contribution >= 4 is 17.7 Å². The van der Waals surface area contributed by atoms with E-state index >= 15 is 0 Å². The fourth-order valence-electron chi connectivity index (χ4n) is 0.639. The standard InChI is InChI=1S/C7H11NO4/c1-12-7(11)5(9)3-2-4-6(8)10/h2-4H2,1H3,(H2,8,10). The van der Waals surface area contributed by atoms with Crippen LogP contribution in [0, 0.1) is 0 Å². The zero-order valence-corrected chi connectivity index (χ0v) is 6.83. The van der Waals surface area contributed by atoms with Gasteiger partial charge in [-0.1, -0.05) is 0 Å². The van der Waals surface area contributed by atoms with Crippen molar-refractivity contribution in [3.8, 4) is 0 Å². The molecule has 0 aliphatic rings. The Morgan fingerprint density at radius 1 is 1.25 bits per heavy atom. The van der Waals surface area contributed by atoms with Gasteiger partial charge in [0.1, 0.15) is 0 Å². The average Bonchev–Trinajstić information content (AvgIpc) is 2.02. The molecule has 12 heavy (non-hydrogen) atoms. The lowest BCUT2D eigenvalue weighted by Crippen LogP contribution is -2.16. The van der Waals surface area contributed by atoms with Crippen molar-refractivity contribution in [2.45, 2.75) is 19.3 Å². The summed E-state index contributed by atoms with van der Waals surface area (Å²) in [7, 11) is 1.13. The van der Waals surface area contributed by atoms with Crippen molar-refractivity contribution in [3.63, 3.8) is 0 Å². The largest absolute Gasteiger partial charge is 0.463 e. The lowest BCUT2D eigenvalue weighted by Gasteiger charge is -1.96. The van der Waals surface area contributed by atoms with Crippen LogP contribution in [0.15, 0.2) is 0 Å². The van der Waals surface area contributed by atoms with Gasteiger partial charge in [0.25, 0.3) is 0 Å². The molecule has 0 aromatic rings. The van der Waals surface area contributed by atoms with Gasteiger partial charge in [-0.3, -0.25) is 9.59 Å². The number of hydrogen-bond acceptors (Lipinski definition) is 4. The van der Waals surface area contributed by atoms with Crippen LogP contribution in [0.3, 0.4) is 0 Å². The summed E-state index contributed by atoms with van der Waals surface area (Å²) in [5.41, 5.74) is 4.82. The fraction of sp³-hybridized carbons (Fsp3) is 0.571. The van der Waals surface area contributed by atoms with Crippen molar-refractivity contribution in [1.29, 1.82) is 0 Å². The molecule has 0 saturated carbocycles. The number of Topliss-reactive ketones (excluding diaryl/α,β-unsaturated/α-hetero) is 1. The Bertz CT molecular complexity index is 200. The van der Waals surface area contributed by atoms with Crippen LogP contribution in [0.25, 0.3) is 0 Å². The van der Waals surface area contributed by atoms with Gasteiger partial charge in [0, 0.05) is 12.8 Å². The molecule has 0 aliphatic carbocycles. The molecular formula is C7H11NO4. The lowest BCUT2D eigenvalue weighted by molar-refractivity contribution is -0.151. The van der Waals surface area contributed by atoms with E-state index in [4.69, 9.17) is 5.73 Å². The first-order valence-corrected chi connectivity index (χ1v) is 3.47. The molecule has 0 heterocycles. The monoisotopic (exact) mass is 173 g/mol. The Morgan fingerprint density at radius 3 is 2.25 bits per heavy atom. The zero-order valence-electron chi connectivity index (χ0n) is 6.83. The van der Waals surface area contributed by atoms with Crippen LogP contribution in [-0.2, 0) is 19.1 Å². The van der Waals surface area contributed by atoms with E-state index in [9.17, 15) is 14.4 Å². The van der Waals surface area contributed by atoms with E-state index in [2.05, 4.69) is 4.74 Å². The normalized spacial score (nSPS) is 9.08. The minimum absolute atomic E-state index is 0.00954. The van der Waals surface area contributed by atoms with E-state index in [1.54, 1.807) is 0 Å². The Kier molecular flexibility index (Phi) is 4.67. The number of nitrogens with two attached hydrogens (primary N) is 1. The Balaban J connectivity index is 3.58. The summed E-state index contributed by atoms with van der Waals surface area (Å²) in [5.74, 6) is -1.98. The summed E-state index contributed by atoms with van der Waals surface area (Å²) >= 11 is 0. The van der Waals surface area contributed by atoms with Gasteiger partial charge in [-0.15, -0.1) is 0 Å². The number of ketones is 1. The second kappa shape index (κ2) is 5.29. The number of carbonyl (C=O) groups is 3. The highest BCUT2D eigenvalue weighted by atomic mass is 16.5. The summed E-state index contributed by atoms with van der Waals surface area (Å²) in [6.07, 6.45) is 0.418. The fourth-order valence-corrected chi connectivity index (χ4v) is 0.639. The Morgan fingerprint density at radius 2 is 1.83 bits per heavy atom. The lowest BCUT2D eigenvalue weighted by atomic mass is 10.2. The number of amides is 1. The molecule has 0 bridgehead atoms. The van der Waals surface area contributed by atoms with Crippen LogP contribution >= 0.6 is 0 Å². The molecule has 0 saturated heterocycles. The minimum Gasteiger partial charge on any atom is -0.463 e. The summed E-state index contributed by atoms with van der Waals surface area (Å²) in [4.78, 5) is 31.4. The first kappa shape index (κ1) is 10.6. The van der Waals surface area contributed by atoms with Crippen LogP contribution in [0.1, 0.15) is 19.3 Å². The van der Waals surface area contributed by atoms with Crippen molar-refractivity contribution in [2.75, 3.05) is 7.11 Å². The number of rotatable bonds is 5. The zero-order chi connectivity index (χ0) is 9.56. The van der Waals surface area contributed by atoms with Crippen LogP contribution in [0.5, 0.6) is 0 Å². The molecule has 0 spiro atoms. The highest BCUT2D eigenvalue weighted by molar-refractivity contribution is 6.33. The topological polar surface area (TPSA) is 86.5 Å². The summed E-state index contributed by atoms with van der Waals surface area (Å²) in [6, 6.07) is 0. The smallest absolute Gasteiger partial charge is 0.374 e. The van der Waals surface area contributed by atoms with Gasteiger partial charge in [-0.05, 0) is 6.42 Å². The maximum atomic E-state index is 10.7. The summed E-state index contributed by atoms with van der Waals surface area (Å²) in [5, 5.41) is 0. The second-order valence-corrected chi connectivity index (χ2v) is 2.23. The third-order valence-corrected chi connectivity index (χ3v) is 1.24. The first-order chi connectivity index (χ1) is 5.57. The third kappa shape index (κ3) is 4.43. The van der Waals surface area contributed by atoms with Gasteiger partial charge >= 0.3 is 5.97 Å². The van der Waals surface area contributed by atoms with E-state index < -0.39 is 17.7 Å². The summed E-state index contributed by atoms with van der Waals surface area (Å²) < 4.78 is 4.16. The molecule has 1 amide bonds. The number of methoxy groups -OCH3 is 1. The van der Waals surface area contributed by atoms with Gasteiger partial charge < -0.3 is 10.5 Å². The van der Waals surface area contributed by atoms with Gasteiger partial charge in [-0.2, -0.15) is 0 Å². The highest BCUT2D eigenvalue weighted by Crippen LogP contribution is 1.96. The number of esters is 1. The van der Waals surface area contributed by atoms with Crippen LogP contribution < -0.4 is 5.73 Å². The Labute approximate surface area is 69.9 Å². The van der Waals surface area contributed by atoms with E-state index in [0.29, 0.717) is 6.42 Å². The van der Waals surface area contributed by atoms with E-state index in [0.717, 1.165) is 7.11 Å². The molecule has 0 atom stereocenters. The van der Waals surface area contributed by atoms with Crippen LogP contribution in [-0.4, -0.2) is 24.8 Å². The van der Waals surface area contributed by atoms with Crippen LogP contribution in [0.4, 0.5) is 0 Å². The maximum Gasteiger partial charge on any atom is 0.374 e.